The van der Waals surface area contributed by atoms with Crippen LogP contribution in [0.3, 0.4) is 0 Å². The fourth-order valence-electron chi connectivity index (χ4n) is 1.05. The monoisotopic (exact) mass is 230 g/mol. The van der Waals surface area contributed by atoms with E-state index in [1.165, 1.54) is 24.3 Å². The first-order valence-electron chi connectivity index (χ1n) is 4.16. The molecule has 15 heavy (non-hydrogen) atoms. The van der Waals surface area contributed by atoms with Crippen LogP contribution in [0.5, 0.6) is 5.75 Å². The van der Waals surface area contributed by atoms with Crippen LogP contribution in [0, 0.1) is 0 Å². The van der Waals surface area contributed by atoms with Gasteiger partial charge in [0.05, 0.1) is 12.2 Å². The predicted molar refractivity (Wildman–Crippen MR) is 52.4 cm³/mol. The highest BCUT2D eigenvalue weighted by Gasteiger charge is 2.19. The molecule has 1 aromatic rings. The largest absolute Gasteiger partial charge is 0.507 e. The standard InChI is InChI=1S/C9H10O5S/c10-7-3-1-2-4-8(7)15(13,14)6-5-9(11)12/h1-4,10H,5-6H2,(H,11,12). The van der Waals surface area contributed by atoms with Gasteiger partial charge in [-0.3, -0.25) is 4.79 Å². The molecular formula is C9H10O5S. The van der Waals surface area contributed by atoms with Gasteiger partial charge >= 0.3 is 5.97 Å². The Morgan fingerprint density at radius 2 is 1.87 bits per heavy atom. The third-order valence-corrected chi connectivity index (χ3v) is 3.54. The van der Waals surface area contributed by atoms with Crippen molar-refractivity contribution in [1.82, 2.24) is 0 Å². The van der Waals surface area contributed by atoms with Crippen LogP contribution in [0.15, 0.2) is 29.2 Å². The summed E-state index contributed by atoms with van der Waals surface area (Å²) in [6.45, 7) is 0. The van der Waals surface area contributed by atoms with Gasteiger partial charge in [0, 0.05) is 0 Å². The number of aromatic hydroxyl groups is 1. The number of sulfone groups is 1. The summed E-state index contributed by atoms with van der Waals surface area (Å²) in [6, 6.07) is 5.44. The first-order valence-corrected chi connectivity index (χ1v) is 5.81. The molecule has 0 aliphatic carbocycles. The van der Waals surface area contributed by atoms with Gasteiger partial charge in [-0.2, -0.15) is 0 Å². The molecule has 2 N–H and O–H groups in total. The van der Waals surface area contributed by atoms with Crippen LogP contribution in [0.4, 0.5) is 0 Å². The maximum Gasteiger partial charge on any atom is 0.304 e. The van der Waals surface area contributed by atoms with Crippen LogP contribution in [0.2, 0.25) is 0 Å². The molecule has 0 spiro atoms. The number of phenolic OH excluding ortho intramolecular Hbond substituents is 1. The summed E-state index contributed by atoms with van der Waals surface area (Å²) in [6.07, 6.45) is -0.476. The number of phenols is 1. The maximum absolute atomic E-state index is 11.5. The molecule has 0 unspecified atom stereocenters. The van der Waals surface area contributed by atoms with Crippen molar-refractivity contribution < 1.29 is 23.4 Å². The van der Waals surface area contributed by atoms with Crippen LogP contribution >= 0.6 is 0 Å². The van der Waals surface area contributed by atoms with Gasteiger partial charge in [0.1, 0.15) is 10.6 Å². The van der Waals surface area contributed by atoms with E-state index >= 15 is 0 Å². The second kappa shape index (κ2) is 4.31. The van der Waals surface area contributed by atoms with Crippen molar-refractivity contribution in [3.63, 3.8) is 0 Å². The van der Waals surface area contributed by atoms with Gasteiger partial charge in [0.15, 0.2) is 9.84 Å². The average Bonchev–Trinajstić information content (AvgIpc) is 2.15. The Hall–Kier alpha value is -1.56. The Bertz CT molecular complexity index is 463. The van der Waals surface area contributed by atoms with E-state index in [1.807, 2.05) is 0 Å². The smallest absolute Gasteiger partial charge is 0.304 e. The van der Waals surface area contributed by atoms with E-state index in [2.05, 4.69) is 0 Å². The van der Waals surface area contributed by atoms with Gasteiger partial charge in [-0.25, -0.2) is 8.42 Å². The number of carboxylic acids is 1. The maximum atomic E-state index is 11.5. The Balaban J connectivity index is 2.97. The molecule has 0 aliphatic rings. The van der Waals surface area contributed by atoms with Crippen LogP contribution in [-0.4, -0.2) is 30.4 Å². The van der Waals surface area contributed by atoms with E-state index in [0.29, 0.717) is 0 Å². The topological polar surface area (TPSA) is 91.7 Å². The Morgan fingerprint density at radius 3 is 2.40 bits per heavy atom. The zero-order chi connectivity index (χ0) is 11.5. The number of hydrogen-bond acceptors (Lipinski definition) is 4. The van der Waals surface area contributed by atoms with E-state index < -0.39 is 28.0 Å². The van der Waals surface area contributed by atoms with Gasteiger partial charge in [-0.15, -0.1) is 0 Å². The van der Waals surface area contributed by atoms with Crippen molar-refractivity contribution in [2.45, 2.75) is 11.3 Å². The Kier molecular flexibility index (Phi) is 3.31. The molecule has 0 radical (unpaired) electrons. The first kappa shape index (κ1) is 11.5. The Morgan fingerprint density at radius 1 is 1.27 bits per heavy atom. The summed E-state index contributed by atoms with van der Waals surface area (Å²) in [5.74, 6) is -2.06. The molecule has 0 saturated carbocycles. The molecule has 82 valence electrons. The summed E-state index contributed by atoms with van der Waals surface area (Å²) in [5.41, 5.74) is 0. The van der Waals surface area contributed by atoms with Gasteiger partial charge in [0.2, 0.25) is 0 Å². The molecule has 0 bridgehead atoms. The molecule has 6 heteroatoms. The zero-order valence-corrected chi connectivity index (χ0v) is 8.57. The number of carbonyl (C=O) groups is 1. The number of para-hydroxylation sites is 1. The SMILES string of the molecule is O=C(O)CCS(=O)(=O)c1ccccc1O. The third kappa shape index (κ3) is 2.95. The van der Waals surface area contributed by atoms with Crippen LogP contribution < -0.4 is 0 Å². The van der Waals surface area contributed by atoms with E-state index in [4.69, 9.17) is 5.11 Å². The number of hydrogen-bond donors (Lipinski definition) is 2. The van der Waals surface area contributed by atoms with E-state index in [0.717, 1.165) is 0 Å². The van der Waals surface area contributed by atoms with E-state index in [1.54, 1.807) is 0 Å². The highest BCUT2D eigenvalue weighted by atomic mass is 32.2. The molecule has 0 saturated heterocycles. The fraction of sp³-hybridized carbons (Fsp3) is 0.222. The minimum absolute atomic E-state index is 0.230. The lowest BCUT2D eigenvalue weighted by atomic mass is 10.3. The van der Waals surface area contributed by atoms with Gasteiger partial charge in [-0.1, -0.05) is 12.1 Å². The summed E-state index contributed by atoms with van der Waals surface area (Å²) in [5, 5.41) is 17.7. The normalized spacial score (nSPS) is 11.2. The van der Waals surface area contributed by atoms with Crippen molar-refractivity contribution in [3.8, 4) is 5.75 Å². The lowest BCUT2D eigenvalue weighted by molar-refractivity contribution is -0.136. The highest BCUT2D eigenvalue weighted by Crippen LogP contribution is 2.22. The lowest BCUT2D eigenvalue weighted by Gasteiger charge is -2.04. The second-order valence-corrected chi connectivity index (χ2v) is 5.01. The average molecular weight is 230 g/mol. The second-order valence-electron chi connectivity index (χ2n) is 2.93. The molecule has 0 fully saturated rings. The number of carboxylic acid groups (broad SMARTS) is 1. The van der Waals surface area contributed by atoms with Crippen molar-refractivity contribution in [1.29, 1.82) is 0 Å². The van der Waals surface area contributed by atoms with Crippen molar-refractivity contribution in [3.05, 3.63) is 24.3 Å². The third-order valence-electron chi connectivity index (χ3n) is 1.78. The molecule has 5 nitrogen and oxygen atoms in total. The van der Waals surface area contributed by atoms with Crippen molar-refractivity contribution >= 4 is 15.8 Å². The fourth-order valence-corrected chi connectivity index (χ4v) is 2.39. The highest BCUT2D eigenvalue weighted by molar-refractivity contribution is 7.91. The van der Waals surface area contributed by atoms with Crippen LogP contribution in [-0.2, 0) is 14.6 Å². The van der Waals surface area contributed by atoms with Crippen molar-refractivity contribution in [2.75, 3.05) is 5.75 Å². The van der Waals surface area contributed by atoms with Crippen molar-refractivity contribution in [2.24, 2.45) is 0 Å². The van der Waals surface area contributed by atoms with E-state index in [9.17, 15) is 18.3 Å². The predicted octanol–water partition coefficient (Wildman–Crippen LogP) is 0.641. The molecule has 0 atom stereocenters. The summed E-state index contributed by atoms with van der Waals surface area (Å²) < 4.78 is 23.1. The van der Waals surface area contributed by atoms with Crippen LogP contribution in [0.1, 0.15) is 6.42 Å². The van der Waals surface area contributed by atoms with Gasteiger partial charge in [-0.05, 0) is 12.1 Å². The Labute approximate surface area is 86.9 Å². The number of rotatable bonds is 4. The summed E-state index contributed by atoms with van der Waals surface area (Å²) in [7, 11) is -3.72. The molecule has 0 heterocycles. The molecule has 0 aromatic heterocycles. The number of aliphatic carboxylic acids is 1. The molecular weight excluding hydrogens is 220 g/mol. The summed E-state index contributed by atoms with van der Waals surface area (Å²) in [4.78, 5) is 10.0. The molecule has 1 rings (SSSR count). The molecule has 1 aromatic carbocycles. The molecule has 0 amide bonds. The van der Waals surface area contributed by atoms with E-state index in [-0.39, 0.29) is 10.6 Å². The minimum atomic E-state index is -3.72. The van der Waals surface area contributed by atoms with Gasteiger partial charge < -0.3 is 10.2 Å². The first-order chi connectivity index (χ1) is 6.93. The molecule has 0 aliphatic heterocycles. The zero-order valence-electron chi connectivity index (χ0n) is 7.75. The summed E-state index contributed by atoms with van der Waals surface area (Å²) >= 11 is 0. The van der Waals surface area contributed by atoms with Crippen LogP contribution in [0.25, 0.3) is 0 Å². The minimum Gasteiger partial charge on any atom is -0.507 e. The number of benzene rings is 1. The van der Waals surface area contributed by atoms with Gasteiger partial charge in [0.25, 0.3) is 0 Å². The quantitative estimate of drug-likeness (QED) is 0.792. The lowest BCUT2D eigenvalue weighted by Crippen LogP contribution is -2.11.